The molecule has 4 rings (SSSR count). The lowest BCUT2D eigenvalue weighted by molar-refractivity contribution is 0.302. The zero-order valence-corrected chi connectivity index (χ0v) is 16.8. The number of hydrogen-bond donors (Lipinski definition) is 0. The summed E-state index contributed by atoms with van der Waals surface area (Å²) in [7, 11) is 0. The first-order valence-electron chi connectivity index (χ1n) is 9.15. The molecule has 6 nitrogen and oxygen atoms in total. The summed E-state index contributed by atoms with van der Waals surface area (Å²) in [6.07, 6.45) is 0.727. The van der Waals surface area contributed by atoms with Gasteiger partial charge in [-0.3, -0.25) is 0 Å². The summed E-state index contributed by atoms with van der Waals surface area (Å²) in [4.78, 5) is 12.8. The number of benzene rings is 2. The minimum Gasteiger partial charge on any atom is -0.476 e. The second-order valence-electron chi connectivity index (χ2n) is 6.50. The van der Waals surface area contributed by atoms with Crippen LogP contribution in [-0.2, 0) is 0 Å². The maximum absolute atomic E-state index is 13.7. The number of aromatic nitrogens is 3. The van der Waals surface area contributed by atoms with Crippen molar-refractivity contribution in [2.24, 2.45) is 0 Å². The zero-order valence-electron chi connectivity index (χ0n) is 16.1. The van der Waals surface area contributed by atoms with E-state index in [1.54, 1.807) is 0 Å². The van der Waals surface area contributed by atoms with Gasteiger partial charge in [0.25, 0.3) is 11.6 Å². The van der Waals surface area contributed by atoms with Crippen molar-refractivity contribution in [1.82, 2.24) is 15.0 Å². The number of rotatable bonds is 6. The van der Waals surface area contributed by atoms with Gasteiger partial charge < -0.3 is 13.9 Å². The van der Waals surface area contributed by atoms with Gasteiger partial charge in [0.05, 0.1) is 6.61 Å². The van der Waals surface area contributed by atoms with Gasteiger partial charge in [-0.25, -0.2) is 13.8 Å². The fraction of sp³-hybridized carbons (Fsp3) is 0.190. The Morgan fingerprint density at radius 3 is 2.70 bits per heavy atom. The van der Waals surface area contributed by atoms with E-state index in [2.05, 4.69) is 15.0 Å². The lowest BCUT2D eigenvalue weighted by Crippen LogP contribution is -2.01. The Bertz CT molecular complexity index is 1230. The number of hydrogen-bond acceptors (Lipinski definition) is 6. The highest BCUT2D eigenvalue weighted by atomic mass is 35.5. The van der Waals surface area contributed by atoms with Gasteiger partial charge in [0.2, 0.25) is 5.89 Å². The van der Waals surface area contributed by atoms with Gasteiger partial charge >= 0.3 is 6.01 Å². The minimum atomic E-state index is -0.961. The van der Waals surface area contributed by atoms with Gasteiger partial charge in [0.1, 0.15) is 16.7 Å². The molecule has 0 unspecified atom stereocenters. The van der Waals surface area contributed by atoms with E-state index < -0.39 is 16.7 Å². The van der Waals surface area contributed by atoms with Crippen LogP contribution in [0.2, 0.25) is 5.02 Å². The molecule has 0 fully saturated rings. The molecule has 2 heterocycles. The fourth-order valence-corrected chi connectivity index (χ4v) is 2.88. The van der Waals surface area contributed by atoms with Gasteiger partial charge in [-0.2, -0.15) is 9.97 Å². The normalized spacial score (nSPS) is 11.1. The van der Waals surface area contributed by atoms with E-state index >= 15 is 0 Å². The Morgan fingerprint density at radius 1 is 1.10 bits per heavy atom. The lowest BCUT2D eigenvalue weighted by atomic mass is 10.1. The molecule has 0 amide bonds. The minimum absolute atomic E-state index is 0.107. The Labute approximate surface area is 175 Å². The third-order valence-corrected chi connectivity index (χ3v) is 4.44. The predicted molar refractivity (Wildman–Crippen MR) is 107 cm³/mol. The number of halogens is 3. The Kier molecular flexibility index (Phi) is 5.50. The van der Waals surface area contributed by atoms with Gasteiger partial charge in [-0.1, -0.05) is 36.2 Å². The highest BCUT2D eigenvalue weighted by molar-refractivity contribution is 6.32. The Morgan fingerprint density at radius 2 is 1.93 bits per heavy atom. The number of oxazole rings is 1. The maximum Gasteiger partial charge on any atom is 0.328 e. The smallest absolute Gasteiger partial charge is 0.328 e. The summed E-state index contributed by atoms with van der Waals surface area (Å²) in [5.74, 6) is -1.62. The van der Waals surface area contributed by atoms with Crippen molar-refractivity contribution < 1.29 is 22.7 Å². The van der Waals surface area contributed by atoms with Gasteiger partial charge in [-0.05, 0) is 25.5 Å². The summed E-state index contributed by atoms with van der Waals surface area (Å²) in [6, 6.07) is 8.95. The number of aryl methyl sites for hydroxylation is 1. The van der Waals surface area contributed by atoms with E-state index in [9.17, 15) is 8.78 Å². The molecule has 0 atom stereocenters. The molecule has 0 radical (unpaired) electrons. The van der Waals surface area contributed by atoms with Gasteiger partial charge in [-0.15, -0.1) is 0 Å². The van der Waals surface area contributed by atoms with Crippen molar-refractivity contribution in [3.05, 3.63) is 58.6 Å². The first kappa shape index (κ1) is 20.0. The number of fused-ring (bicyclic) bond motifs is 1. The summed E-state index contributed by atoms with van der Waals surface area (Å²) >= 11 is 5.87. The van der Waals surface area contributed by atoms with Crippen LogP contribution in [0.25, 0.3) is 22.7 Å². The molecule has 0 aliphatic rings. The van der Waals surface area contributed by atoms with Crippen LogP contribution in [0.15, 0.2) is 40.8 Å². The predicted octanol–water partition coefficient (Wildman–Crippen LogP) is 6.11. The maximum atomic E-state index is 13.7. The molecule has 0 aliphatic carbocycles. The van der Waals surface area contributed by atoms with Crippen molar-refractivity contribution in [2.75, 3.05) is 6.61 Å². The SMILES string of the molecule is CCCOc1nc(Oc2cc(F)cc(F)c2Cl)nc2oc(-c3cccc(C)c3)nc12. The van der Waals surface area contributed by atoms with E-state index in [0.717, 1.165) is 23.6 Å². The molecule has 30 heavy (non-hydrogen) atoms. The first-order chi connectivity index (χ1) is 14.4. The molecule has 2 aromatic carbocycles. The number of ether oxygens (including phenoxy) is 2. The monoisotopic (exact) mass is 431 g/mol. The summed E-state index contributed by atoms with van der Waals surface area (Å²) in [6.45, 7) is 4.26. The molecule has 0 bridgehead atoms. The second-order valence-corrected chi connectivity index (χ2v) is 6.88. The standard InChI is InChI=1S/C21H16ClF2N3O3/c1-3-7-28-19-17-20(30-18(25-17)12-6-4-5-11(2)8-12)27-21(26-19)29-15-10-13(23)9-14(24)16(15)22/h4-6,8-10H,3,7H2,1-2H3. The summed E-state index contributed by atoms with van der Waals surface area (Å²) < 4.78 is 44.2. The molecular weight excluding hydrogens is 416 g/mol. The molecule has 0 saturated heterocycles. The third-order valence-electron chi connectivity index (χ3n) is 4.08. The van der Waals surface area contributed by atoms with Crippen molar-refractivity contribution in [1.29, 1.82) is 0 Å². The van der Waals surface area contributed by atoms with E-state index in [0.29, 0.717) is 24.1 Å². The van der Waals surface area contributed by atoms with Crippen LogP contribution in [-0.4, -0.2) is 21.6 Å². The van der Waals surface area contributed by atoms with Gasteiger partial charge in [0, 0.05) is 17.7 Å². The van der Waals surface area contributed by atoms with E-state index in [1.165, 1.54) is 0 Å². The largest absolute Gasteiger partial charge is 0.476 e. The molecule has 0 spiro atoms. The molecule has 0 N–H and O–H groups in total. The zero-order chi connectivity index (χ0) is 21.3. The first-order valence-corrected chi connectivity index (χ1v) is 9.53. The highest BCUT2D eigenvalue weighted by Gasteiger charge is 2.20. The average Bonchev–Trinajstić information content (AvgIpc) is 3.14. The quantitative estimate of drug-likeness (QED) is 0.343. The number of nitrogens with zero attached hydrogens (tertiary/aromatic N) is 3. The molecule has 0 aliphatic heterocycles. The van der Waals surface area contributed by atoms with Crippen LogP contribution >= 0.6 is 11.6 Å². The fourth-order valence-electron chi connectivity index (χ4n) is 2.73. The van der Waals surface area contributed by atoms with Crippen LogP contribution in [0, 0.1) is 18.6 Å². The average molecular weight is 432 g/mol. The van der Waals surface area contributed by atoms with Gasteiger partial charge in [0.15, 0.2) is 11.3 Å². The summed E-state index contributed by atoms with van der Waals surface area (Å²) in [5, 5.41) is -0.394. The van der Waals surface area contributed by atoms with Crippen LogP contribution in [0.3, 0.4) is 0 Å². The molecule has 4 aromatic rings. The third kappa shape index (κ3) is 4.04. The van der Waals surface area contributed by atoms with Crippen LogP contribution < -0.4 is 9.47 Å². The Hall–Kier alpha value is -3.26. The Balaban J connectivity index is 1.79. The highest BCUT2D eigenvalue weighted by Crippen LogP contribution is 2.34. The second kappa shape index (κ2) is 8.23. The topological polar surface area (TPSA) is 70.3 Å². The van der Waals surface area contributed by atoms with Crippen LogP contribution in [0.4, 0.5) is 8.78 Å². The molecule has 0 saturated carbocycles. The summed E-state index contributed by atoms with van der Waals surface area (Å²) in [5.41, 5.74) is 2.21. The van der Waals surface area contributed by atoms with E-state index in [4.69, 9.17) is 25.5 Å². The lowest BCUT2D eigenvalue weighted by Gasteiger charge is -2.08. The molecule has 9 heteroatoms. The van der Waals surface area contributed by atoms with E-state index in [-0.39, 0.29) is 23.4 Å². The van der Waals surface area contributed by atoms with E-state index in [1.807, 2.05) is 38.1 Å². The molecule has 154 valence electrons. The van der Waals surface area contributed by atoms with Crippen LogP contribution in [0.1, 0.15) is 18.9 Å². The van der Waals surface area contributed by atoms with Crippen molar-refractivity contribution in [3.8, 4) is 29.1 Å². The van der Waals surface area contributed by atoms with Crippen molar-refractivity contribution in [2.45, 2.75) is 20.3 Å². The molecular formula is C21H16ClF2N3O3. The molecule has 2 aromatic heterocycles. The van der Waals surface area contributed by atoms with Crippen molar-refractivity contribution >= 4 is 22.8 Å². The van der Waals surface area contributed by atoms with Crippen LogP contribution in [0.5, 0.6) is 17.6 Å². The van der Waals surface area contributed by atoms with Crippen molar-refractivity contribution in [3.63, 3.8) is 0 Å².